The number of rotatable bonds is 4. The van der Waals surface area contributed by atoms with Crippen molar-refractivity contribution in [1.82, 2.24) is 15.0 Å². The molecule has 0 N–H and O–H groups in total. The fourth-order valence-electron chi connectivity index (χ4n) is 2.11. The maximum atomic E-state index is 8.67. The number of nitriles is 1. The van der Waals surface area contributed by atoms with Crippen molar-refractivity contribution in [3.63, 3.8) is 0 Å². The van der Waals surface area contributed by atoms with E-state index < -0.39 is 0 Å². The molecule has 1 heterocycles. The van der Waals surface area contributed by atoms with E-state index in [1.165, 1.54) is 0 Å². The highest BCUT2D eigenvalue weighted by atomic mass is 79.9. The topological polar surface area (TPSA) is 54.5 Å². The number of hydrogen-bond donors (Lipinski definition) is 0. The van der Waals surface area contributed by atoms with Gasteiger partial charge in [0.2, 0.25) is 0 Å². The Morgan fingerprint density at radius 1 is 1.09 bits per heavy atom. The summed E-state index contributed by atoms with van der Waals surface area (Å²) in [6.45, 7) is 0.642. The SMILES string of the molecule is N#CSc1ccc(Cn2nncc2-c2ccc(Br)cc2)cc1. The smallest absolute Gasteiger partial charge is 0.138 e. The Morgan fingerprint density at radius 2 is 1.82 bits per heavy atom. The number of nitrogens with zero attached hydrogens (tertiary/aromatic N) is 4. The first-order valence-electron chi connectivity index (χ1n) is 6.55. The third-order valence-corrected chi connectivity index (χ3v) is 4.30. The van der Waals surface area contributed by atoms with E-state index in [2.05, 4.69) is 31.6 Å². The van der Waals surface area contributed by atoms with Crippen molar-refractivity contribution < 1.29 is 0 Å². The molecule has 0 aliphatic rings. The highest BCUT2D eigenvalue weighted by molar-refractivity contribution is 9.10. The molecule has 0 unspecified atom stereocenters. The van der Waals surface area contributed by atoms with Crippen molar-refractivity contribution in [3.05, 3.63) is 64.8 Å². The van der Waals surface area contributed by atoms with Gasteiger partial charge in [-0.15, -0.1) is 5.10 Å². The summed E-state index contributed by atoms with van der Waals surface area (Å²) in [6.07, 6.45) is 1.77. The lowest BCUT2D eigenvalue weighted by Crippen LogP contribution is -2.04. The summed E-state index contributed by atoms with van der Waals surface area (Å²) < 4.78 is 2.91. The second kappa shape index (κ2) is 6.77. The van der Waals surface area contributed by atoms with E-state index in [0.717, 1.165) is 38.0 Å². The van der Waals surface area contributed by atoms with Gasteiger partial charge in [0.25, 0.3) is 0 Å². The van der Waals surface area contributed by atoms with Crippen LogP contribution < -0.4 is 0 Å². The molecule has 0 aliphatic carbocycles. The first kappa shape index (κ1) is 14.8. The lowest BCUT2D eigenvalue weighted by atomic mass is 10.1. The predicted octanol–water partition coefficient (Wildman–Crippen LogP) is 4.33. The van der Waals surface area contributed by atoms with Crippen LogP contribution in [-0.4, -0.2) is 15.0 Å². The van der Waals surface area contributed by atoms with E-state index >= 15 is 0 Å². The number of thioether (sulfide) groups is 1. The highest BCUT2D eigenvalue weighted by Gasteiger charge is 2.07. The van der Waals surface area contributed by atoms with Crippen LogP contribution in [0.25, 0.3) is 11.3 Å². The molecule has 0 spiro atoms. The quantitative estimate of drug-likeness (QED) is 0.506. The number of halogens is 1. The molecule has 0 atom stereocenters. The Balaban J connectivity index is 1.83. The average Bonchev–Trinajstić information content (AvgIpc) is 2.98. The van der Waals surface area contributed by atoms with Crippen LogP contribution in [-0.2, 0) is 6.54 Å². The van der Waals surface area contributed by atoms with Crippen LogP contribution in [0, 0.1) is 10.7 Å². The fraction of sp³-hybridized carbons (Fsp3) is 0.0625. The van der Waals surface area contributed by atoms with Gasteiger partial charge < -0.3 is 0 Å². The van der Waals surface area contributed by atoms with Crippen molar-refractivity contribution in [3.8, 4) is 16.7 Å². The van der Waals surface area contributed by atoms with Crippen LogP contribution in [0.4, 0.5) is 0 Å². The van der Waals surface area contributed by atoms with Crippen LogP contribution in [0.2, 0.25) is 0 Å². The van der Waals surface area contributed by atoms with Crippen molar-refractivity contribution >= 4 is 27.7 Å². The van der Waals surface area contributed by atoms with Gasteiger partial charge in [-0.3, -0.25) is 0 Å². The molecule has 0 radical (unpaired) electrons. The van der Waals surface area contributed by atoms with E-state index in [-0.39, 0.29) is 0 Å². The van der Waals surface area contributed by atoms with E-state index in [9.17, 15) is 0 Å². The molecule has 0 saturated carbocycles. The van der Waals surface area contributed by atoms with E-state index in [1.807, 2.05) is 53.2 Å². The summed E-state index contributed by atoms with van der Waals surface area (Å²) in [6, 6.07) is 16.0. The van der Waals surface area contributed by atoms with Crippen LogP contribution >= 0.6 is 27.7 Å². The average molecular weight is 371 g/mol. The largest absolute Gasteiger partial charge is 0.240 e. The monoisotopic (exact) mass is 370 g/mol. The van der Waals surface area contributed by atoms with Crippen LogP contribution in [0.15, 0.2) is 64.1 Å². The lowest BCUT2D eigenvalue weighted by molar-refractivity contribution is 0.655. The number of aromatic nitrogens is 3. The van der Waals surface area contributed by atoms with Crippen LogP contribution in [0.3, 0.4) is 0 Å². The molecule has 0 bridgehead atoms. The molecular weight excluding hydrogens is 360 g/mol. The summed E-state index contributed by atoms with van der Waals surface area (Å²) in [5, 5.41) is 18.9. The summed E-state index contributed by atoms with van der Waals surface area (Å²) in [5.74, 6) is 0. The zero-order valence-corrected chi connectivity index (χ0v) is 13.9. The van der Waals surface area contributed by atoms with Gasteiger partial charge in [-0.05, 0) is 41.6 Å². The molecule has 0 saturated heterocycles. The molecule has 108 valence electrons. The van der Waals surface area contributed by atoms with Crippen LogP contribution in [0.5, 0.6) is 0 Å². The second-order valence-corrected chi connectivity index (χ2v) is 6.39. The fourth-order valence-corrected chi connectivity index (χ4v) is 2.75. The molecule has 0 fully saturated rings. The van der Waals surface area contributed by atoms with Crippen LogP contribution in [0.1, 0.15) is 5.56 Å². The summed E-state index contributed by atoms with van der Waals surface area (Å²) >= 11 is 4.60. The maximum absolute atomic E-state index is 8.67. The number of hydrogen-bond acceptors (Lipinski definition) is 4. The Hall–Kier alpha value is -2.10. The van der Waals surface area contributed by atoms with Gasteiger partial charge in [-0.25, -0.2) is 4.68 Å². The Labute approximate surface area is 140 Å². The molecule has 0 amide bonds. The standard InChI is InChI=1S/C16H11BrN4S/c17-14-5-3-13(4-6-14)16-9-19-20-21(16)10-12-1-7-15(8-2-12)22-11-18/h1-9H,10H2. The lowest BCUT2D eigenvalue weighted by Gasteiger charge is -2.07. The van der Waals surface area contributed by atoms with Gasteiger partial charge in [0.15, 0.2) is 0 Å². The van der Waals surface area contributed by atoms with E-state index in [4.69, 9.17) is 5.26 Å². The Kier molecular flexibility index (Phi) is 4.56. The zero-order valence-electron chi connectivity index (χ0n) is 11.5. The molecule has 2 aromatic carbocycles. The molecule has 3 rings (SSSR count). The molecule has 0 aliphatic heterocycles. The van der Waals surface area contributed by atoms with Crippen molar-refractivity contribution in [2.24, 2.45) is 0 Å². The van der Waals surface area contributed by atoms with Gasteiger partial charge >= 0.3 is 0 Å². The van der Waals surface area contributed by atoms with Gasteiger partial charge in [0.05, 0.1) is 18.4 Å². The second-order valence-electron chi connectivity index (χ2n) is 4.62. The normalized spacial score (nSPS) is 10.4. The van der Waals surface area contributed by atoms with E-state index in [1.54, 1.807) is 6.20 Å². The first-order valence-corrected chi connectivity index (χ1v) is 8.16. The van der Waals surface area contributed by atoms with Gasteiger partial charge in [-0.2, -0.15) is 5.26 Å². The van der Waals surface area contributed by atoms with Gasteiger partial charge in [0.1, 0.15) is 5.40 Å². The van der Waals surface area contributed by atoms with Crippen molar-refractivity contribution in [1.29, 1.82) is 5.26 Å². The minimum absolute atomic E-state index is 0.642. The minimum atomic E-state index is 0.642. The van der Waals surface area contributed by atoms with Crippen molar-refractivity contribution in [2.75, 3.05) is 0 Å². The molecule has 1 aromatic heterocycles. The van der Waals surface area contributed by atoms with Crippen molar-refractivity contribution in [2.45, 2.75) is 11.4 Å². The third-order valence-electron chi connectivity index (χ3n) is 3.18. The minimum Gasteiger partial charge on any atom is -0.240 e. The summed E-state index contributed by atoms with van der Waals surface area (Å²) in [7, 11) is 0. The van der Waals surface area contributed by atoms with Gasteiger partial charge in [0, 0.05) is 14.9 Å². The summed E-state index contributed by atoms with van der Waals surface area (Å²) in [4.78, 5) is 0.943. The number of benzene rings is 2. The molecule has 3 aromatic rings. The summed E-state index contributed by atoms with van der Waals surface area (Å²) in [5.41, 5.74) is 3.17. The first-order chi connectivity index (χ1) is 10.8. The third kappa shape index (κ3) is 3.38. The molecule has 6 heteroatoms. The Morgan fingerprint density at radius 3 is 2.50 bits per heavy atom. The van der Waals surface area contributed by atoms with E-state index in [0.29, 0.717) is 6.54 Å². The molecule has 4 nitrogen and oxygen atoms in total. The zero-order chi connectivity index (χ0) is 15.4. The molecular formula is C16H11BrN4S. The Bertz CT molecular complexity index is 803. The predicted molar refractivity (Wildman–Crippen MR) is 90.2 cm³/mol. The number of thiocyanates is 1. The van der Waals surface area contributed by atoms with Gasteiger partial charge in [-0.1, -0.05) is 45.4 Å². The maximum Gasteiger partial charge on any atom is 0.138 e. The highest BCUT2D eigenvalue weighted by Crippen LogP contribution is 2.22. The molecule has 22 heavy (non-hydrogen) atoms.